The summed E-state index contributed by atoms with van der Waals surface area (Å²) in [5, 5.41) is 0. The molecule has 0 unspecified atom stereocenters. The summed E-state index contributed by atoms with van der Waals surface area (Å²) in [7, 11) is -0.316. The quantitative estimate of drug-likeness (QED) is 0.120. The lowest BCUT2D eigenvalue weighted by Crippen LogP contribution is -2.40. The van der Waals surface area contributed by atoms with Crippen molar-refractivity contribution in [1.29, 1.82) is 0 Å². The van der Waals surface area contributed by atoms with Gasteiger partial charge in [0.1, 0.15) is 0 Å². The minimum atomic E-state index is -1.70. The van der Waals surface area contributed by atoms with E-state index < -0.39 is 8.32 Å². The predicted molar refractivity (Wildman–Crippen MR) is 129 cm³/mol. The van der Waals surface area contributed by atoms with Gasteiger partial charge in [0.15, 0.2) is 8.32 Å². The van der Waals surface area contributed by atoms with Crippen molar-refractivity contribution in [3.8, 4) is 0 Å². The fourth-order valence-electron chi connectivity index (χ4n) is 3.12. The molecular weight excluding hydrogens is 376 g/mol. The molecule has 0 fully saturated rings. The summed E-state index contributed by atoms with van der Waals surface area (Å²) >= 11 is 0. The second-order valence-corrected chi connectivity index (χ2v) is 12.5. The van der Waals surface area contributed by atoms with E-state index in [0.717, 1.165) is 36.9 Å². The van der Waals surface area contributed by atoms with Crippen LogP contribution in [-0.2, 0) is 14.0 Å². The first-order chi connectivity index (χ1) is 13.9. The molecule has 4 heteroatoms. The summed E-state index contributed by atoms with van der Waals surface area (Å²) in [5.41, 5.74) is 1.26. The molecule has 166 valence electrons. The van der Waals surface area contributed by atoms with E-state index in [1.54, 1.807) is 6.08 Å². The van der Waals surface area contributed by atoms with Crippen molar-refractivity contribution >= 4 is 14.3 Å². The van der Waals surface area contributed by atoms with E-state index >= 15 is 0 Å². The average Bonchev–Trinajstić information content (AvgIpc) is 2.75. The number of allylic oxidation sites excluding steroid dienone is 5. The molecule has 0 aromatic rings. The van der Waals surface area contributed by atoms with Crippen LogP contribution in [0.4, 0.5) is 0 Å². The topological polar surface area (TPSA) is 35.5 Å². The predicted octanol–water partition coefficient (Wildman–Crippen LogP) is 7.38. The van der Waals surface area contributed by atoms with Gasteiger partial charge in [-0.25, -0.2) is 4.79 Å². The molecule has 0 N–H and O–H groups in total. The lowest BCUT2D eigenvalue weighted by Gasteiger charge is -2.33. The normalized spacial score (nSPS) is 15.5. The molecule has 0 spiro atoms. The van der Waals surface area contributed by atoms with Crippen LogP contribution < -0.4 is 0 Å². The molecule has 0 aromatic heterocycles. The Bertz CT molecular complexity index is 548. The van der Waals surface area contributed by atoms with Crippen molar-refractivity contribution in [1.82, 2.24) is 0 Å². The smallest absolute Gasteiger partial charge is 0.330 e. The Morgan fingerprint density at radius 1 is 1.00 bits per heavy atom. The molecule has 0 aliphatic heterocycles. The first-order valence-electron chi connectivity index (χ1n) is 11.3. The molecule has 0 bridgehead atoms. The molecule has 0 saturated heterocycles. The van der Waals surface area contributed by atoms with E-state index in [1.165, 1.54) is 31.6 Å². The summed E-state index contributed by atoms with van der Waals surface area (Å²) in [6, 6.07) is 3.42. The van der Waals surface area contributed by atoms with Crippen molar-refractivity contribution in [2.24, 2.45) is 5.92 Å². The van der Waals surface area contributed by atoms with E-state index in [0.29, 0.717) is 0 Å². The number of hydrogen-bond acceptors (Lipinski definition) is 3. The number of methoxy groups -OCH3 is 1. The highest BCUT2D eigenvalue weighted by atomic mass is 28.4. The third-order valence-electron chi connectivity index (χ3n) is 5.88. The first kappa shape index (κ1) is 27.6. The lowest BCUT2D eigenvalue weighted by atomic mass is 10.0. The van der Waals surface area contributed by atoms with Crippen molar-refractivity contribution in [2.45, 2.75) is 91.5 Å². The second kappa shape index (κ2) is 16.4. The Balaban J connectivity index is 5.16. The van der Waals surface area contributed by atoms with Crippen LogP contribution in [0.5, 0.6) is 0 Å². The molecule has 0 aromatic carbocycles. The van der Waals surface area contributed by atoms with Crippen molar-refractivity contribution in [2.75, 3.05) is 7.11 Å². The Morgan fingerprint density at radius 2 is 1.66 bits per heavy atom. The number of ether oxygens (including phenoxy) is 1. The lowest BCUT2D eigenvalue weighted by molar-refractivity contribution is -0.134. The second-order valence-electron chi connectivity index (χ2n) is 7.83. The maximum absolute atomic E-state index is 11.2. The highest BCUT2D eigenvalue weighted by Crippen LogP contribution is 2.27. The molecule has 0 rings (SSSR count). The van der Waals surface area contributed by atoms with Crippen molar-refractivity contribution < 1.29 is 14.0 Å². The molecule has 0 aliphatic rings. The zero-order chi connectivity index (χ0) is 22.1. The molecule has 0 saturated carbocycles. The Morgan fingerprint density at radius 3 is 2.21 bits per heavy atom. The van der Waals surface area contributed by atoms with Gasteiger partial charge in [-0.05, 0) is 55.8 Å². The van der Waals surface area contributed by atoms with Crippen LogP contribution in [0.3, 0.4) is 0 Å². The Labute approximate surface area is 181 Å². The van der Waals surface area contributed by atoms with Gasteiger partial charge in [-0.1, -0.05) is 77.5 Å². The molecule has 0 amide bonds. The highest BCUT2D eigenvalue weighted by molar-refractivity contribution is 6.73. The first-order valence-corrected chi connectivity index (χ1v) is 13.8. The van der Waals surface area contributed by atoms with Gasteiger partial charge in [0, 0.05) is 6.08 Å². The Hall–Kier alpha value is -1.39. The maximum atomic E-state index is 11.2. The van der Waals surface area contributed by atoms with Gasteiger partial charge in [-0.15, -0.1) is 0 Å². The van der Waals surface area contributed by atoms with Gasteiger partial charge in [-0.3, -0.25) is 0 Å². The molecule has 29 heavy (non-hydrogen) atoms. The van der Waals surface area contributed by atoms with Crippen LogP contribution in [0.1, 0.15) is 67.2 Å². The van der Waals surface area contributed by atoms with Gasteiger partial charge in [0.25, 0.3) is 0 Å². The summed E-state index contributed by atoms with van der Waals surface area (Å²) in [4.78, 5) is 11.2. The third kappa shape index (κ3) is 12.0. The van der Waals surface area contributed by atoms with E-state index in [2.05, 4.69) is 70.6 Å². The fraction of sp³-hybridized carbons (Fsp3) is 0.640. The summed E-state index contributed by atoms with van der Waals surface area (Å²) < 4.78 is 11.4. The minimum absolute atomic E-state index is 0.0866. The summed E-state index contributed by atoms with van der Waals surface area (Å²) in [5.74, 6) is 0.449. The van der Waals surface area contributed by atoms with E-state index in [4.69, 9.17) is 4.43 Å². The standard InChI is InChI=1S/C25H44O3Si/c1-8-22(5)18-14-12-15-19-23(6)24(28-29(9-2,10-3)11-4)20-16-13-17-21-25(26)27-7/h12-13,15-17,19,21-22,24H,8-11,14,18,20H2,1-7H3/b15-12+,16-13+,21-17+,23-19+/t22-,24-/m0/s1. The third-order valence-corrected chi connectivity index (χ3v) is 10.5. The van der Waals surface area contributed by atoms with Crippen LogP contribution in [-0.4, -0.2) is 27.5 Å². The molecule has 2 atom stereocenters. The number of rotatable bonds is 15. The number of carbonyl (C=O) groups is 1. The average molecular weight is 421 g/mol. The minimum Gasteiger partial charge on any atom is -0.466 e. The maximum Gasteiger partial charge on any atom is 0.330 e. The summed E-state index contributed by atoms with van der Waals surface area (Å²) in [6.45, 7) is 13.5. The molecule has 0 aliphatic carbocycles. The van der Waals surface area contributed by atoms with Crippen LogP contribution in [0.15, 0.2) is 48.1 Å². The number of esters is 1. The Kier molecular flexibility index (Phi) is 15.6. The van der Waals surface area contributed by atoms with E-state index in [-0.39, 0.29) is 12.1 Å². The van der Waals surface area contributed by atoms with Gasteiger partial charge in [-0.2, -0.15) is 0 Å². The highest BCUT2D eigenvalue weighted by Gasteiger charge is 2.32. The van der Waals surface area contributed by atoms with Gasteiger partial charge < -0.3 is 9.16 Å². The fourth-order valence-corrected chi connectivity index (χ4v) is 6.01. The van der Waals surface area contributed by atoms with Gasteiger partial charge >= 0.3 is 5.97 Å². The molecule has 0 heterocycles. The summed E-state index contributed by atoms with van der Waals surface area (Å²) in [6.07, 6.45) is 18.3. The number of hydrogen-bond donors (Lipinski definition) is 0. The van der Waals surface area contributed by atoms with E-state index in [1.807, 2.05) is 6.08 Å². The molecular formula is C25H44O3Si. The van der Waals surface area contributed by atoms with Gasteiger partial charge in [0.05, 0.1) is 13.2 Å². The zero-order valence-corrected chi connectivity index (χ0v) is 20.9. The molecule has 0 radical (unpaired) electrons. The largest absolute Gasteiger partial charge is 0.466 e. The molecule has 3 nitrogen and oxygen atoms in total. The monoisotopic (exact) mass is 420 g/mol. The van der Waals surface area contributed by atoms with Crippen molar-refractivity contribution in [3.63, 3.8) is 0 Å². The van der Waals surface area contributed by atoms with Crippen molar-refractivity contribution in [3.05, 3.63) is 48.1 Å². The van der Waals surface area contributed by atoms with E-state index in [9.17, 15) is 4.79 Å². The van der Waals surface area contributed by atoms with Crippen LogP contribution in [0.25, 0.3) is 0 Å². The SMILES string of the molecule is CC[C@H](C)CC/C=C/C=C(\C)[C@H](C/C=C/C=C/C(=O)OC)O[Si](CC)(CC)CC. The van der Waals surface area contributed by atoms with Crippen LogP contribution >= 0.6 is 0 Å². The van der Waals surface area contributed by atoms with Gasteiger partial charge in [0.2, 0.25) is 0 Å². The zero-order valence-electron chi connectivity index (χ0n) is 19.9. The van der Waals surface area contributed by atoms with Crippen LogP contribution in [0.2, 0.25) is 18.1 Å². The van der Waals surface area contributed by atoms with Crippen LogP contribution in [0, 0.1) is 5.92 Å². The number of carbonyl (C=O) groups excluding carboxylic acids is 1.